The summed E-state index contributed by atoms with van der Waals surface area (Å²) >= 11 is 6.10. The Balaban J connectivity index is 1.97. The van der Waals surface area contributed by atoms with E-state index in [-0.39, 0.29) is 5.91 Å². The largest absolute Gasteiger partial charge is 0.361 e. The molecule has 2 aromatic carbocycles. The molecule has 20 heavy (non-hydrogen) atoms. The molecule has 1 heterocycles. The molecular formula is C16H13ClN2O. The number of nitrogens with one attached hydrogen (secondary N) is 2. The number of fused-ring (bicyclic) bond motifs is 1. The number of hydrogen-bond acceptors (Lipinski definition) is 1. The Bertz CT molecular complexity index is 792. The fourth-order valence-corrected chi connectivity index (χ4v) is 2.37. The van der Waals surface area contributed by atoms with Gasteiger partial charge in [-0.1, -0.05) is 23.7 Å². The van der Waals surface area contributed by atoms with E-state index in [1.165, 1.54) is 0 Å². The second-order valence-corrected chi connectivity index (χ2v) is 5.09. The summed E-state index contributed by atoms with van der Waals surface area (Å²) in [4.78, 5) is 15.5. The molecule has 4 heteroatoms. The summed E-state index contributed by atoms with van der Waals surface area (Å²) in [7, 11) is 0. The molecule has 0 bridgehead atoms. The predicted octanol–water partition coefficient (Wildman–Crippen LogP) is 4.38. The quantitative estimate of drug-likeness (QED) is 0.720. The molecule has 1 aromatic heterocycles. The smallest absolute Gasteiger partial charge is 0.256 e. The van der Waals surface area contributed by atoms with Crippen molar-refractivity contribution in [2.45, 2.75) is 6.92 Å². The maximum atomic E-state index is 12.4. The molecule has 0 saturated carbocycles. The SMILES string of the molecule is Cc1ccc(Cl)c(NC(=O)c2cccc3[nH]ccc23)c1. The first-order chi connectivity index (χ1) is 9.65. The molecule has 0 aliphatic rings. The minimum absolute atomic E-state index is 0.164. The molecule has 0 fully saturated rings. The van der Waals surface area contributed by atoms with Gasteiger partial charge >= 0.3 is 0 Å². The zero-order chi connectivity index (χ0) is 14.1. The first-order valence-corrected chi connectivity index (χ1v) is 6.66. The van der Waals surface area contributed by atoms with Crippen LogP contribution in [-0.2, 0) is 0 Å². The van der Waals surface area contributed by atoms with Crippen molar-refractivity contribution in [1.29, 1.82) is 0 Å². The molecule has 0 aliphatic carbocycles. The van der Waals surface area contributed by atoms with Crippen LogP contribution in [0.5, 0.6) is 0 Å². The number of carbonyl (C=O) groups is 1. The number of rotatable bonds is 2. The summed E-state index contributed by atoms with van der Waals surface area (Å²) in [6, 6.07) is 13.0. The average Bonchev–Trinajstić information content (AvgIpc) is 2.91. The molecule has 0 saturated heterocycles. The van der Waals surface area contributed by atoms with E-state index >= 15 is 0 Å². The van der Waals surface area contributed by atoms with Crippen molar-refractivity contribution in [3.8, 4) is 0 Å². The molecule has 0 aliphatic heterocycles. The van der Waals surface area contributed by atoms with Gasteiger partial charge in [-0.3, -0.25) is 4.79 Å². The molecule has 2 N–H and O–H groups in total. The van der Waals surface area contributed by atoms with E-state index in [0.717, 1.165) is 16.5 Å². The number of benzene rings is 2. The van der Waals surface area contributed by atoms with Crippen molar-refractivity contribution >= 4 is 34.1 Å². The van der Waals surface area contributed by atoms with Gasteiger partial charge in [-0.05, 0) is 42.8 Å². The standard InChI is InChI=1S/C16H13ClN2O/c1-10-5-6-13(17)15(9-10)19-16(20)12-3-2-4-14-11(12)7-8-18-14/h2-9,18H,1H3,(H,19,20). The molecule has 3 aromatic rings. The lowest BCUT2D eigenvalue weighted by molar-refractivity contribution is 0.102. The number of H-pyrrole nitrogens is 1. The topological polar surface area (TPSA) is 44.9 Å². The number of hydrogen-bond donors (Lipinski definition) is 2. The maximum absolute atomic E-state index is 12.4. The van der Waals surface area contributed by atoms with Gasteiger partial charge in [-0.25, -0.2) is 0 Å². The third-order valence-electron chi connectivity index (χ3n) is 3.21. The molecule has 0 unspecified atom stereocenters. The summed E-state index contributed by atoms with van der Waals surface area (Å²) in [6.07, 6.45) is 1.82. The van der Waals surface area contributed by atoms with Gasteiger partial charge in [0.05, 0.1) is 10.7 Å². The normalized spacial score (nSPS) is 10.7. The van der Waals surface area contributed by atoms with Gasteiger partial charge < -0.3 is 10.3 Å². The van der Waals surface area contributed by atoms with E-state index in [1.54, 1.807) is 12.1 Å². The van der Waals surface area contributed by atoms with E-state index in [2.05, 4.69) is 10.3 Å². The Labute approximate surface area is 121 Å². The fourth-order valence-electron chi connectivity index (χ4n) is 2.21. The van der Waals surface area contributed by atoms with Crippen LogP contribution in [0.1, 0.15) is 15.9 Å². The summed E-state index contributed by atoms with van der Waals surface area (Å²) in [5.41, 5.74) is 3.24. The van der Waals surface area contributed by atoms with Crippen molar-refractivity contribution in [1.82, 2.24) is 4.98 Å². The Morgan fingerprint density at radius 3 is 2.90 bits per heavy atom. The van der Waals surface area contributed by atoms with Gasteiger partial charge in [0.15, 0.2) is 0 Å². The highest BCUT2D eigenvalue weighted by molar-refractivity contribution is 6.34. The highest BCUT2D eigenvalue weighted by Crippen LogP contribution is 2.24. The van der Waals surface area contributed by atoms with E-state index in [4.69, 9.17) is 11.6 Å². The van der Waals surface area contributed by atoms with Crippen LogP contribution < -0.4 is 5.32 Å². The van der Waals surface area contributed by atoms with Crippen molar-refractivity contribution < 1.29 is 4.79 Å². The first-order valence-electron chi connectivity index (χ1n) is 6.29. The molecular weight excluding hydrogens is 272 g/mol. The number of amides is 1. The van der Waals surface area contributed by atoms with Crippen LogP contribution in [0.15, 0.2) is 48.7 Å². The molecule has 3 rings (SSSR count). The van der Waals surface area contributed by atoms with Gasteiger partial charge in [0.1, 0.15) is 0 Å². The number of carbonyl (C=O) groups excluding carboxylic acids is 1. The van der Waals surface area contributed by atoms with Gasteiger partial charge in [0, 0.05) is 22.7 Å². The highest BCUT2D eigenvalue weighted by Gasteiger charge is 2.12. The number of anilines is 1. The summed E-state index contributed by atoms with van der Waals surface area (Å²) in [6.45, 7) is 1.96. The number of aryl methyl sites for hydroxylation is 1. The molecule has 0 atom stereocenters. The van der Waals surface area contributed by atoms with Crippen molar-refractivity contribution in [3.05, 3.63) is 64.8 Å². The molecule has 3 nitrogen and oxygen atoms in total. The van der Waals surface area contributed by atoms with Crippen LogP contribution in [-0.4, -0.2) is 10.9 Å². The van der Waals surface area contributed by atoms with Gasteiger partial charge in [-0.15, -0.1) is 0 Å². The second kappa shape index (κ2) is 5.02. The average molecular weight is 285 g/mol. The van der Waals surface area contributed by atoms with Gasteiger partial charge in [0.25, 0.3) is 5.91 Å². The number of aromatic amines is 1. The van der Waals surface area contributed by atoms with Gasteiger partial charge in [0.2, 0.25) is 0 Å². The lowest BCUT2D eigenvalue weighted by Crippen LogP contribution is -2.12. The predicted molar refractivity (Wildman–Crippen MR) is 82.4 cm³/mol. The van der Waals surface area contributed by atoms with Crippen LogP contribution in [0.3, 0.4) is 0 Å². The molecule has 0 radical (unpaired) electrons. The minimum atomic E-state index is -0.164. The third kappa shape index (κ3) is 2.28. The summed E-state index contributed by atoms with van der Waals surface area (Å²) in [5, 5.41) is 4.29. The van der Waals surface area contributed by atoms with Crippen LogP contribution in [0.25, 0.3) is 10.9 Å². The fraction of sp³-hybridized carbons (Fsp3) is 0.0625. The lowest BCUT2D eigenvalue weighted by Gasteiger charge is -2.09. The Hall–Kier alpha value is -2.26. The van der Waals surface area contributed by atoms with Crippen LogP contribution in [0.2, 0.25) is 5.02 Å². The Kier molecular flexibility index (Phi) is 3.20. The Morgan fingerprint density at radius 2 is 2.05 bits per heavy atom. The summed E-state index contributed by atoms with van der Waals surface area (Å²) < 4.78 is 0. The van der Waals surface area contributed by atoms with Crippen molar-refractivity contribution in [2.75, 3.05) is 5.32 Å². The maximum Gasteiger partial charge on any atom is 0.256 e. The number of halogens is 1. The van der Waals surface area contributed by atoms with Crippen molar-refractivity contribution in [2.24, 2.45) is 0 Å². The number of aromatic nitrogens is 1. The second-order valence-electron chi connectivity index (χ2n) is 4.68. The van der Waals surface area contributed by atoms with Gasteiger partial charge in [-0.2, -0.15) is 0 Å². The molecule has 100 valence electrons. The van der Waals surface area contributed by atoms with Crippen LogP contribution in [0.4, 0.5) is 5.69 Å². The minimum Gasteiger partial charge on any atom is -0.361 e. The zero-order valence-electron chi connectivity index (χ0n) is 10.9. The van der Waals surface area contributed by atoms with E-state index in [9.17, 15) is 4.79 Å². The van der Waals surface area contributed by atoms with Crippen molar-refractivity contribution in [3.63, 3.8) is 0 Å². The van der Waals surface area contributed by atoms with E-state index < -0.39 is 0 Å². The highest BCUT2D eigenvalue weighted by atomic mass is 35.5. The molecule has 0 spiro atoms. The third-order valence-corrected chi connectivity index (χ3v) is 3.54. The first kappa shape index (κ1) is 12.8. The molecule has 1 amide bonds. The zero-order valence-corrected chi connectivity index (χ0v) is 11.7. The lowest BCUT2D eigenvalue weighted by atomic mass is 10.1. The van der Waals surface area contributed by atoms with E-state index in [1.807, 2.05) is 43.5 Å². The summed E-state index contributed by atoms with van der Waals surface area (Å²) in [5.74, 6) is -0.164. The van der Waals surface area contributed by atoms with Crippen LogP contribution in [0, 0.1) is 6.92 Å². The van der Waals surface area contributed by atoms with Crippen LogP contribution >= 0.6 is 11.6 Å². The Morgan fingerprint density at radius 1 is 1.20 bits per heavy atom. The monoisotopic (exact) mass is 284 g/mol. The van der Waals surface area contributed by atoms with E-state index in [0.29, 0.717) is 16.3 Å².